The fourth-order valence-electron chi connectivity index (χ4n) is 4.08. The fourth-order valence-corrected chi connectivity index (χ4v) is 5.06. The number of amides is 1. The van der Waals surface area contributed by atoms with Crippen LogP contribution in [0.2, 0.25) is 0 Å². The van der Waals surface area contributed by atoms with Crippen molar-refractivity contribution in [1.29, 1.82) is 0 Å². The van der Waals surface area contributed by atoms with Crippen molar-refractivity contribution in [2.75, 3.05) is 5.32 Å². The summed E-state index contributed by atoms with van der Waals surface area (Å²) in [6.07, 6.45) is 4.18. The van der Waals surface area contributed by atoms with Crippen LogP contribution in [0.15, 0.2) is 34.2 Å². The van der Waals surface area contributed by atoms with Crippen LogP contribution in [0.25, 0.3) is 10.9 Å². The molecule has 158 valence electrons. The van der Waals surface area contributed by atoms with E-state index in [0.717, 1.165) is 42.8 Å². The molecular weight excluding hydrogens is 398 g/mol. The fraction of sp³-hybridized carbons (Fsp3) is 0.455. The smallest absolute Gasteiger partial charge is 0.262 e. The number of anilines is 1. The molecule has 1 aliphatic rings. The molecule has 30 heavy (non-hydrogen) atoms. The van der Waals surface area contributed by atoms with Gasteiger partial charge < -0.3 is 5.32 Å². The number of aryl methyl sites for hydroxylation is 2. The van der Waals surface area contributed by atoms with Gasteiger partial charge in [-0.2, -0.15) is 5.10 Å². The van der Waals surface area contributed by atoms with Gasteiger partial charge in [-0.1, -0.05) is 36.7 Å². The minimum atomic E-state index is -0.412. The maximum atomic E-state index is 13.3. The highest BCUT2D eigenvalue weighted by Crippen LogP contribution is 2.33. The number of para-hydroxylation sites is 1. The first kappa shape index (κ1) is 20.7. The highest BCUT2D eigenvalue weighted by Gasteiger charge is 2.26. The third-order valence-corrected chi connectivity index (χ3v) is 6.94. The Labute approximate surface area is 179 Å². The summed E-state index contributed by atoms with van der Waals surface area (Å²) in [7, 11) is 1.86. The van der Waals surface area contributed by atoms with Gasteiger partial charge in [-0.15, -0.1) is 0 Å². The summed E-state index contributed by atoms with van der Waals surface area (Å²) in [6.45, 7) is 5.65. The molecule has 7 nitrogen and oxygen atoms in total. The molecular formula is C22H27N5O2S. The Bertz CT molecular complexity index is 1160. The highest BCUT2D eigenvalue weighted by molar-refractivity contribution is 8.00. The molecule has 0 radical (unpaired) electrons. The number of thioether (sulfide) groups is 1. The summed E-state index contributed by atoms with van der Waals surface area (Å²) in [4.78, 5) is 31.0. The van der Waals surface area contributed by atoms with Gasteiger partial charge in [0.1, 0.15) is 0 Å². The van der Waals surface area contributed by atoms with E-state index in [1.807, 2.05) is 56.7 Å². The van der Waals surface area contributed by atoms with E-state index in [1.165, 1.54) is 11.8 Å². The molecule has 2 heterocycles. The van der Waals surface area contributed by atoms with E-state index in [4.69, 9.17) is 4.98 Å². The summed E-state index contributed by atoms with van der Waals surface area (Å²) in [5.74, 6) is -0.125. The SMILES string of the molecule is Cc1nn(C)c(C)c1NC(=O)[C@H](C)Sc1nc2ccccc2c(=O)n1C1CCCC1. The van der Waals surface area contributed by atoms with Crippen molar-refractivity contribution in [3.63, 3.8) is 0 Å². The van der Waals surface area contributed by atoms with Gasteiger partial charge in [-0.25, -0.2) is 4.98 Å². The van der Waals surface area contributed by atoms with Crippen molar-refractivity contribution in [3.05, 3.63) is 46.0 Å². The molecule has 0 bridgehead atoms. The number of nitrogens with zero attached hydrogens (tertiary/aromatic N) is 4. The molecule has 1 aliphatic carbocycles. The molecule has 1 amide bonds. The van der Waals surface area contributed by atoms with Crippen LogP contribution < -0.4 is 10.9 Å². The molecule has 1 aromatic carbocycles. The number of hydrogen-bond acceptors (Lipinski definition) is 5. The molecule has 0 aliphatic heterocycles. The topological polar surface area (TPSA) is 81.8 Å². The average molecular weight is 426 g/mol. The zero-order valence-electron chi connectivity index (χ0n) is 17.8. The van der Waals surface area contributed by atoms with Gasteiger partial charge in [0.2, 0.25) is 5.91 Å². The molecule has 1 atom stereocenters. The largest absolute Gasteiger partial charge is 0.322 e. The van der Waals surface area contributed by atoms with E-state index in [2.05, 4.69) is 10.4 Å². The van der Waals surface area contributed by atoms with Crippen LogP contribution in [-0.4, -0.2) is 30.5 Å². The number of aromatic nitrogens is 4. The lowest BCUT2D eigenvalue weighted by Gasteiger charge is -2.20. The van der Waals surface area contributed by atoms with Crippen LogP contribution in [0, 0.1) is 13.8 Å². The third kappa shape index (κ3) is 3.76. The van der Waals surface area contributed by atoms with Crippen LogP contribution in [-0.2, 0) is 11.8 Å². The Morgan fingerprint density at radius 1 is 1.23 bits per heavy atom. The highest BCUT2D eigenvalue weighted by atomic mass is 32.2. The lowest BCUT2D eigenvalue weighted by Crippen LogP contribution is -2.29. The summed E-state index contributed by atoms with van der Waals surface area (Å²) in [6, 6.07) is 7.58. The Morgan fingerprint density at radius 3 is 2.60 bits per heavy atom. The quantitative estimate of drug-likeness (QED) is 0.494. The van der Waals surface area contributed by atoms with Gasteiger partial charge in [0.05, 0.1) is 33.2 Å². The molecule has 1 N–H and O–H groups in total. The molecule has 2 aromatic heterocycles. The maximum Gasteiger partial charge on any atom is 0.262 e. The normalized spacial score (nSPS) is 15.6. The second-order valence-corrected chi connectivity index (χ2v) is 9.25. The van der Waals surface area contributed by atoms with Crippen LogP contribution in [0.5, 0.6) is 0 Å². The van der Waals surface area contributed by atoms with Gasteiger partial charge in [0, 0.05) is 13.1 Å². The van der Waals surface area contributed by atoms with E-state index < -0.39 is 5.25 Å². The Morgan fingerprint density at radius 2 is 1.93 bits per heavy atom. The van der Waals surface area contributed by atoms with Crippen molar-refractivity contribution >= 4 is 34.3 Å². The van der Waals surface area contributed by atoms with Gasteiger partial charge in [0.25, 0.3) is 5.56 Å². The summed E-state index contributed by atoms with van der Waals surface area (Å²) < 4.78 is 3.58. The Kier molecular flexibility index (Phi) is 5.69. The van der Waals surface area contributed by atoms with Gasteiger partial charge in [-0.3, -0.25) is 18.8 Å². The number of rotatable bonds is 5. The number of hydrogen-bond donors (Lipinski definition) is 1. The third-order valence-electron chi connectivity index (χ3n) is 5.87. The van der Waals surface area contributed by atoms with Crippen molar-refractivity contribution in [3.8, 4) is 0 Å². The number of carbonyl (C=O) groups is 1. The van der Waals surface area contributed by atoms with Crippen LogP contribution in [0.3, 0.4) is 0 Å². The van der Waals surface area contributed by atoms with Gasteiger partial charge in [0.15, 0.2) is 5.16 Å². The molecule has 3 aromatic rings. The van der Waals surface area contributed by atoms with Crippen molar-refractivity contribution in [2.24, 2.45) is 7.05 Å². The minimum Gasteiger partial charge on any atom is -0.322 e. The summed E-state index contributed by atoms with van der Waals surface area (Å²) in [5, 5.41) is 8.20. The van der Waals surface area contributed by atoms with E-state index in [-0.39, 0.29) is 17.5 Å². The maximum absolute atomic E-state index is 13.3. The van der Waals surface area contributed by atoms with E-state index in [9.17, 15) is 9.59 Å². The van der Waals surface area contributed by atoms with Crippen molar-refractivity contribution in [2.45, 2.75) is 62.9 Å². The zero-order chi connectivity index (χ0) is 21.4. The molecule has 0 unspecified atom stereocenters. The van der Waals surface area contributed by atoms with E-state index >= 15 is 0 Å². The first-order valence-electron chi connectivity index (χ1n) is 10.4. The predicted octanol–water partition coefficient (Wildman–Crippen LogP) is 3.98. The molecule has 1 saturated carbocycles. The van der Waals surface area contributed by atoms with Crippen LogP contribution >= 0.6 is 11.8 Å². The minimum absolute atomic E-state index is 0.0124. The predicted molar refractivity (Wildman–Crippen MR) is 120 cm³/mol. The summed E-state index contributed by atoms with van der Waals surface area (Å²) >= 11 is 1.34. The Balaban J connectivity index is 1.66. The molecule has 0 saturated heterocycles. The molecule has 1 fully saturated rings. The molecule has 0 spiro atoms. The monoisotopic (exact) mass is 425 g/mol. The average Bonchev–Trinajstić information content (AvgIpc) is 3.32. The number of fused-ring (bicyclic) bond motifs is 1. The number of nitrogens with one attached hydrogen (secondary N) is 1. The standard InChI is InChI=1S/C22H27N5O2S/c1-13-19(14(2)26(4)25-13)24-20(28)15(3)30-22-23-18-12-8-7-11-17(18)21(29)27(22)16-9-5-6-10-16/h7-8,11-12,15-16H,5-6,9-10H2,1-4H3,(H,24,28)/t15-/m0/s1. The first-order chi connectivity index (χ1) is 14.4. The number of carbonyl (C=O) groups excluding carboxylic acids is 1. The van der Waals surface area contributed by atoms with Crippen molar-refractivity contribution in [1.82, 2.24) is 19.3 Å². The van der Waals surface area contributed by atoms with Crippen molar-refractivity contribution < 1.29 is 4.79 Å². The van der Waals surface area contributed by atoms with Gasteiger partial charge in [-0.05, 0) is 45.7 Å². The van der Waals surface area contributed by atoms with Gasteiger partial charge >= 0.3 is 0 Å². The van der Waals surface area contributed by atoms with Crippen LogP contribution in [0.4, 0.5) is 5.69 Å². The zero-order valence-corrected chi connectivity index (χ0v) is 18.6. The summed E-state index contributed by atoms with van der Waals surface area (Å²) in [5.41, 5.74) is 3.10. The van der Waals surface area contributed by atoms with E-state index in [0.29, 0.717) is 16.1 Å². The lowest BCUT2D eigenvalue weighted by molar-refractivity contribution is -0.115. The lowest BCUT2D eigenvalue weighted by atomic mass is 10.2. The van der Waals surface area contributed by atoms with Crippen LogP contribution in [0.1, 0.15) is 50.0 Å². The second kappa shape index (κ2) is 8.26. The second-order valence-electron chi connectivity index (χ2n) is 7.94. The molecule has 8 heteroatoms. The number of benzene rings is 1. The molecule has 4 rings (SSSR count). The first-order valence-corrected chi connectivity index (χ1v) is 11.2. The Hall–Kier alpha value is -2.61. The van der Waals surface area contributed by atoms with E-state index in [1.54, 1.807) is 4.68 Å².